The predicted molar refractivity (Wildman–Crippen MR) is 69.9 cm³/mol. The normalized spacial score (nSPS) is 23.1. The second-order valence-corrected chi connectivity index (χ2v) is 5.14. The quantitative estimate of drug-likeness (QED) is 0.843. The van der Waals surface area contributed by atoms with Crippen LogP contribution in [-0.4, -0.2) is 35.1 Å². The van der Waals surface area contributed by atoms with Crippen LogP contribution in [0.3, 0.4) is 0 Å². The Kier molecular flexibility index (Phi) is 3.42. The van der Waals surface area contributed by atoms with Crippen molar-refractivity contribution in [3.05, 3.63) is 23.9 Å². The molecule has 0 bridgehead atoms. The Hall–Kier alpha value is -2.11. The van der Waals surface area contributed by atoms with E-state index in [9.17, 15) is 14.7 Å². The van der Waals surface area contributed by atoms with E-state index < -0.39 is 17.3 Å². The third-order valence-electron chi connectivity index (χ3n) is 3.52. The number of carboxylic acids is 1. The predicted octanol–water partition coefficient (Wildman–Crippen LogP) is 0.872. The molecule has 2 heterocycles. The second kappa shape index (κ2) is 4.87. The minimum atomic E-state index is -0.803. The number of nitrogens with zero attached hydrogens (tertiary/aromatic N) is 2. The fourth-order valence-electron chi connectivity index (χ4n) is 2.35. The molecule has 0 radical (unpaired) electrons. The third-order valence-corrected chi connectivity index (χ3v) is 3.52. The van der Waals surface area contributed by atoms with Crippen molar-refractivity contribution < 1.29 is 14.7 Å². The molecule has 0 aromatic carbocycles. The Labute approximate surface area is 111 Å². The number of primary amides is 1. The number of carbonyl (C=O) groups is 2. The summed E-state index contributed by atoms with van der Waals surface area (Å²) in [5.74, 6) is -0.786. The van der Waals surface area contributed by atoms with E-state index in [1.165, 1.54) is 0 Å². The molecule has 1 aromatic heterocycles. The van der Waals surface area contributed by atoms with Gasteiger partial charge in [0.25, 0.3) is 5.91 Å². The standard InChI is InChI=1S/C13H17N3O3/c1-13(12(18)19)6-3-7-16(8-13)10-5-2-4-9(15-10)11(14)17/h2,4-5H,3,6-8H2,1H3,(H2,14,17)(H,18,19). The lowest BCUT2D eigenvalue weighted by Crippen LogP contribution is -2.46. The zero-order valence-electron chi connectivity index (χ0n) is 10.8. The topological polar surface area (TPSA) is 96.5 Å². The number of anilines is 1. The summed E-state index contributed by atoms with van der Waals surface area (Å²) >= 11 is 0. The molecule has 0 aliphatic carbocycles. The van der Waals surface area contributed by atoms with Crippen LogP contribution in [0.4, 0.5) is 5.82 Å². The van der Waals surface area contributed by atoms with E-state index in [2.05, 4.69) is 4.98 Å². The van der Waals surface area contributed by atoms with Gasteiger partial charge in [0.1, 0.15) is 11.5 Å². The monoisotopic (exact) mass is 263 g/mol. The summed E-state index contributed by atoms with van der Waals surface area (Å²) in [6.45, 7) is 2.86. The zero-order valence-corrected chi connectivity index (χ0v) is 10.8. The number of hydrogen-bond donors (Lipinski definition) is 2. The van der Waals surface area contributed by atoms with E-state index in [1.54, 1.807) is 25.1 Å². The molecule has 0 spiro atoms. The van der Waals surface area contributed by atoms with Crippen molar-refractivity contribution in [3.63, 3.8) is 0 Å². The van der Waals surface area contributed by atoms with Crippen LogP contribution in [0, 0.1) is 5.41 Å². The molecule has 19 heavy (non-hydrogen) atoms. The van der Waals surface area contributed by atoms with Crippen molar-refractivity contribution in [3.8, 4) is 0 Å². The van der Waals surface area contributed by atoms with Gasteiger partial charge < -0.3 is 15.7 Å². The van der Waals surface area contributed by atoms with Crippen LogP contribution in [0.5, 0.6) is 0 Å². The molecule has 0 saturated carbocycles. The number of carbonyl (C=O) groups excluding carboxylic acids is 1. The molecule has 1 aliphatic rings. The second-order valence-electron chi connectivity index (χ2n) is 5.14. The van der Waals surface area contributed by atoms with Crippen LogP contribution >= 0.6 is 0 Å². The minimum Gasteiger partial charge on any atom is -0.481 e. The number of carboxylic acid groups (broad SMARTS) is 1. The maximum Gasteiger partial charge on any atom is 0.311 e. The first kappa shape index (κ1) is 13.3. The fourth-order valence-corrected chi connectivity index (χ4v) is 2.35. The Morgan fingerprint density at radius 3 is 2.84 bits per heavy atom. The molecule has 3 N–H and O–H groups in total. The third kappa shape index (κ3) is 2.67. The zero-order chi connectivity index (χ0) is 14.0. The summed E-state index contributed by atoms with van der Waals surface area (Å²) in [5.41, 5.74) is 4.62. The van der Waals surface area contributed by atoms with E-state index >= 15 is 0 Å². The number of rotatable bonds is 3. The van der Waals surface area contributed by atoms with Gasteiger partial charge in [-0.2, -0.15) is 0 Å². The molecular weight excluding hydrogens is 246 g/mol. The van der Waals surface area contributed by atoms with E-state index in [-0.39, 0.29) is 5.69 Å². The number of pyridine rings is 1. The highest BCUT2D eigenvalue weighted by molar-refractivity contribution is 5.91. The summed E-state index contributed by atoms with van der Waals surface area (Å²) in [7, 11) is 0. The van der Waals surface area contributed by atoms with Crippen molar-refractivity contribution in [2.75, 3.05) is 18.0 Å². The van der Waals surface area contributed by atoms with Gasteiger partial charge in [0.2, 0.25) is 0 Å². The molecule has 6 nitrogen and oxygen atoms in total. The average Bonchev–Trinajstić information content (AvgIpc) is 2.39. The summed E-state index contributed by atoms with van der Waals surface area (Å²) in [6.07, 6.45) is 1.43. The molecule has 1 fully saturated rings. The van der Waals surface area contributed by atoms with Crippen molar-refractivity contribution in [2.45, 2.75) is 19.8 Å². The number of hydrogen-bond acceptors (Lipinski definition) is 4. The van der Waals surface area contributed by atoms with Gasteiger partial charge in [-0.1, -0.05) is 6.07 Å². The minimum absolute atomic E-state index is 0.195. The van der Waals surface area contributed by atoms with Crippen LogP contribution < -0.4 is 10.6 Å². The van der Waals surface area contributed by atoms with E-state index in [1.807, 2.05) is 4.90 Å². The highest BCUT2D eigenvalue weighted by Gasteiger charge is 2.38. The first-order valence-electron chi connectivity index (χ1n) is 6.17. The van der Waals surface area contributed by atoms with Crippen LogP contribution in [0.2, 0.25) is 0 Å². The molecule has 1 amide bonds. The fraction of sp³-hybridized carbons (Fsp3) is 0.462. The molecule has 1 saturated heterocycles. The Morgan fingerprint density at radius 1 is 1.47 bits per heavy atom. The number of aliphatic carboxylic acids is 1. The van der Waals surface area contributed by atoms with Crippen molar-refractivity contribution in [2.24, 2.45) is 11.1 Å². The maximum atomic E-state index is 11.3. The highest BCUT2D eigenvalue weighted by Crippen LogP contribution is 2.31. The van der Waals surface area contributed by atoms with Gasteiger partial charge >= 0.3 is 5.97 Å². The molecule has 102 valence electrons. The van der Waals surface area contributed by atoms with Gasteiger partial charge in [0, 0.05) is 13.1 Å². The van der Waals surface area contributed by atoms with E-state index in [0.29, 0.717) is 18.8 Å². The highest BCUT2D eigenvalue weighted by atomic mass is 16.4. The SMILES string of the molecule is CC1(C(=O)O)CCCN(c2cccc(C(N)=O)n2)C1. The molecule has 1 atom stereocenters. The van der Waals surface area contributed by atoms with Gasteiger partial charge in [0.15, 0.2) is 0 Å². The molecular formula is C13H17N3O3. The first-order valence-corrected chi connectivity index (χ1v) is 6.17. The Morgan fingerprint density at radius 2 is 2.21 bits per heavy atom. The number of aromatic nitrogens is 1. The Balaban J connectivity index is 2.24. The van der Waals surface area contributed by atoms with Gasteiger partial charge in [0.05, 0.1) is 5.41 Å². The van der Waals surface area contributed by atoms with Crippen molar-refractivity contribution >= 4 is 17.7 Å². The molecule has 2 rings (SSSR count). The van der Waals surface area contributed by atoms with E-state index in [0.717, 1.165) is 13.0 Å². The van der Waals surface area contributed by atoms with Gasteiger partial charge in [-0.15, -0.1) is 0 Å². The summed E-state index contributed by atoms with van der Waals surface area (Å²) < 4.78 is 0. The first-order chi connectivity index (χ1) is 8.92. The average molecular weight is 263 g/mol. The van der Waals surface area contributed by atoms with Gasteiger partial charge in [-0.05, 0) is 31.9 Å². The molecule has 6 heteroatoms. The van der Waals surface area contributed by atoms with Gasteiger partial charge in [-0.25, -0.2) is 4.98 Å². The smallest absolute Gasteiger partial charge is 0.311 e. The van der Waals surface area contributed by atoms with Crippen molar-refractivity contribution in [1.82, 2.24) is 4.98 Å². The number of nitrogens with two attached hydrogens (primary N) is 1. The summed E-state index contributed by atoms with van der Waals surface area (Å²) in [5, 5.41) is 9.28. The number of amides is 1. The number of piperidine rings is 1. The van der Waals surface area contributed by atoms with Gasteiger partial charge in [-0.3, -0.25) is 9.59 Å². The Bertz CT molecular complexity index is 518. The van der Waals surface area contributed by atoms with Crippen LogP contribution in [0.25, 0.3) is 0 Å². The van der Waals surface area contributed by atoms with E-state index in [4.69, 9.17) is 5.73 Å². The molecule has 1 unspecified atom stereocenters. The largest absolute Gasteiger partial charge is 0.481 e. The summed E-state index contributed by atoms with van der Waals surface area (Å²) in [4.78, 5) is 28.5. The van der Waals surface area contributed by atoms with Crippen LogP contribution in [0.15, 0.2) is 18.2 Å². The summed E-state index contributed by atoms with van der Waals surface area (Å²) in [6, 6.07) is 5.02. The maximum absolute atomic E-state index is 11.3. The van der Waals surface area contributed by atoms with Crippen LogP contribution in [0.1, 0.15) is 30.3 Å². The van der Waals surface area contributed by atoms with Crippen LogP contribution in [-0.2, 0) is 4.79 Å². The lowest BCUT2D eigenvalue weighted by atomic mass is 9.82. The lowest BCUT2D eigenvalue weighted by Gasteiger charge is -2.38. The molecule has 1 aromatic rings. The van der Waals surface area contributed by atoms with Crippen molar-refractivity contribution in [1.29, 1.82) is 0 Å². The lowest BCUT2D eigenvalue weighted by molar-refractivity contribution is -0.148. The molecule has 1 aliphatic heterocycles.